The highest BCUT2D eigenvalue weighted by Crippen LogP contribution is 2.13. The number of ether oxygens (including phenoxy) is 1. The number of hydrogen-bond donors (Lipinski definition) is 4. The van der Waals surface area contributed by atoms with E-state index in [1.807, 2.05) is 6.92 Å². The van der Waals surface area contributed by atoms with Gasteiger partial charge in [0.1, 0.15) is 5.75 Å². The van der Waals surface area contributed by atoms with E-state index in [0.29, 0.717) is 12.6 Å². The first kappa shape index (κ1) is 17.2. The van der Waals surface area contributed by atoms with Crippen molar-refractivity contribution in [1.82, 2.24) is 21.3 Å². The third kappa shape index (κ3) is 6.75. The van der Waals surface area contributed by atoms with E-state index in [1.54, 1.807) is 0 Å². The van der Waals surface area contributed by atoms with Crippen molar-refractivity contribution in [3.8, 4) is 5.75 Å². The molecule has 0 aliphatic carbocycles. The summed E-state index contributed by atoms with van der Waals surface area (Å²) in [6.45, 7) is 9.85. The van der Waals surface area contributed by atoms with Gasteiger partial charge in [-0.15, -0.1) is 0 Å². The molecule has 0 spiro atoms. The standard InChI is InChI=1S/C17H30N4O/c1-2-22-17-5-3-15(4-6-17)13-16-14-20-10-9-18-7-8-19-11-12-21-16/h3-6,16,18-21H,2,7-14H2,1H3. The Morgan fingerprint density at radius 2 is 1.55 bits per heavy atom. The van der Waals surface area contributed by atoms with Crippen molar-refractivity contribution in [2.24, 2.45) is 0 Å². The zero-order chi connectivity index (χ0) is 15.5. The Hall–Kier alpha value is -1.14. The summed E-state index contributed by atoms with van der Waals surface area (Å²) in [5.41, 5.74) is 1.35. The second-order valence-corrected chi connectivity index (χ2v) is 5.64. The molecule has 0 bridgehead atoms. The van der Waals surface area contributed by atoms with Crippen LogP contribution >= 0.6 is 0 Å². The van der Waals surface area contributed by atoms with E-state index >= 15 is 0 Å². The molecular weight excluding hydrogens is 276 g/mol. The lowest BCUT2D eigenvalue weighted by Gasteiger charge is -2.21. The van der Waals surface area contributed by atoms with Crippen LogP contribution in [-0.4, -0.2) is 58.5 Å². The SMILES string of the molecule is CCOc1ccc(CC2CNCCNCCNCCN2)cc1. The lowest BCUT2D eigenvalue weighted by molar-refractivity contribution is 0.340. The molecule has 0 radical (unpaired) electrons. The Morgan fingerprint density at radius 1 is 0.909 bits per heavy atom. The lowest BCUT2D eigenvalue weighted by atomic mass is 10.1. The van der Waals surface area contributed by atoms with E-state index in [1.165, 1.54) is 5.56 Å². The Balaban J connectivity index is 1.83. The smallest absolute Gasteiger partial charge is 0.119 e. The fraction of sp³-hybridized carbons (Fsp3) is 0.647. The van der Waals surface area contributed by atoms with Gasteiger partial charge >= 0.3 is 0 Å². The molecule has 1 fully saturated rings. The van der Waals surface area contributed by atoms with Crippen LogP contribution in [-0.2, 0) is 6.42 Å². The monoisotopic (exact) mass is 306 g/mol. The van der Waals surface area contributed by atoms with Gasteiger partial charge in [0, 0.05) is 51.9 Å². The van der Waals surface area contributed by atoms with Gasteiger partial charge in [-0.05, 0) is 31.0 Å². The van der Waals surface area contributed by atoms with Gasteiger partial charge in [0.25, 0.3) is 0 Å². The Bertz CT molecular complexity index is 384. The molecule has 1 unspecified atom stereocenters. The topological polar surface area (TPSA) is 57.4 Å². The molecule has 1 heterocycles. The molecule has 1 atom stereocenters. The largest absolute Gasteiger partial charge is 0.494 e. The van der Waals surface area contributed by atoms with E-state index in [9.17, 15) is 0 Å². The first-order chi connectivity index (χ1) is 10.9. The van der Waals surface area contributed by atoms with Gasteiger partial charge in [-0.1, -0.05) is 12.1 Å². The first-order valence-corrected chi connectivity index (χ1v) is 8.45. The van der Waals surface area contributed by atoms with Crippen LogP contribution in [0.2, 0.25) is 0 Å². The van der Waals surface area contributed by atoms with Crippen LogP contribution < -0.4 is 26.0 Å². The van der Waals surface area contributed by atoms with Crippen LogP contribution in [0.4, 0.5) is 0 Å². The molecule has 0 aromatic heterocycles. The molecule has 5 nitrogen and oxygen atoms in total. The van der Waals surface area contributed by atoms with Crippen LogP contribution in [0.5, 0.6) is 5.75 Å². The van der Waals surface area contributed by atoms with Crippen molar-refractivity contribution in [2.75, 3.05) is 52.4 Å². The normalized spacial score (nSPS) is 21.6. The van der Waals surface area contributed by atoms with Crippen molar-refractivity contribution in [3.05, 3.63) is 29.8 Å². The molecule has 1 aliphatic heterocycles. The molecule has 0 saturated carbocycles. The Kier molecular flexibility index (Phi) is 8.27. The summed E-state index contributed by atoms with van der Waals surface area (Å²) in [5, 5.41) is 14.1. The van der Waals surface area contributed by atoms with Crippen molar-refractivity contribution in [2.45, 2.75) is 19.4 Å². The maximum Gasteiger partial charge on any atom is 0.119 e. The van der Waals surface area contributed by atoms with Crippen LogP contribution in [0.15, 0.2) is 24.3 Å². The average Bonchev–Trinajstić information content (AvgIpc) is 2.52. The molecule has 1 aromatic carbocycles. The summed E-state index contributed by atoms with van der Waals surface area (Å²) in [6.07, 6.45) is 1.03. The van der Waals surface area contributed by atoms with E-state index in [4.69, 9.17) is 4.74 Å². The summed E-state index contributed by atoms with van der Waals surface area (Å²) < 4.78 is 5.50. The van der Waals surface area contributed by atoms with Crippen molar-refractivity contribution >= 4 is 0 Å². The van der Waals surface area contributed by atoms with Crippen LogP contribution in [0.1, 0.15) is 12.5 Å². The molecule has 5 heteroatoms. The third-order valence-electron chi connectivity index (χ3n) is 3.80. The van der Waals surface area contributed by atoms with E-state index in [0.717, 1.165) is 58.0 Å². The maximum atomic E-state index is 5.50. The highest BCUT2D eigenvalue weighted by Gasteiger charge is 2.09. The van der Waals surface area contributed by atoms with Crippen molar-refractivity contribution < 1.29 is 4.74 Å². The zero-order valence-electron chi connectivity index (χ0n) is 13.7. The van der Waals surface area contributed by atoms with E-state index in [2.05, 4.69) is 45.5 Å². The van der Waals surface area contributed by atoms with Crippen molar-refractivity contribution in [1.29, 1.82) is 0 Å². The maximum absolute atomic E-state index is 5.50. The van der Waals surface area contributed by atoms with Crippen molar-refractivity contribution in [3.63, 3.8) is 0 Å². The summed E-state index contributed by atoms with van der Waals surface area (Å²) >= 11 is 0. The number of benzene rings is 1. The van der Waals surface area contributed by atoms with Gasteiger partial charge in [-0.2, -0.15) is 0 Å². The molecule has 4 N–H and O–H groups in total. The molecule has 1 aliphatic rings. The van der Waals surface area contributed by atoms with Crippen LogP contribution in [0.25, 0.3) is 0 Å². The summed E-state index contributed by atoms with van der Waals surface area (Å²) in [6, 6.07) is 8.92. The van der Waals surface area contributed by atoms with E-state index < -0.39 is 0 Å². The second-order valence-electron chi connectivity index (χ2n) is 5.64. The number of rotatable bonds is 4. The van der Waals surface area contributed by atoms with E-state index in [-0.39, 0.29) is 0 Å². The quantitative estimate of drug-likeness (QED) is 0.647. The first-order valence-electron chi connectivity index (χ1n) is 8.45. The highest BCUT2D eigenvalue weighted by molar-refractivity contribution is 5.27. The summed E-state index contributed by atoms with van der Waals surface area (Å²) in [4.78, 5) is 0. The highest BCUT2D eigenvalue weighted by atomic mass is 16.5. The minimum atomic E-state index is 0.458. The molecule has 2 rings (SSSR count). The number of nitrogens with one attached hydrogen (secondary N) is 4. The zero-order valence-corrected chi connectivity index (χ0v) is 13.7. The van der Waals surface area contributed by atoms with Gasteiger partial charge in [-0.25, -0.2) is 0 Å². The van der Waals surface area contributed by atoms with Gasteiger partial charge < -0.3 is 26.0 Å². The summed E-state index contributed by atoms with van der Waals surface area (Å²) in [7, 11) is 0. The van der Waals surface area contributed by atoms with Gasteiger partial charge in [0.15, 0.2) is 0 Å². The fourth-order valence-corrected chi connectivity index (χ4v) is 2.63. The molecule has 124 valence electrons. The summed E-state index contributed by atoms with van der Waals surface area (Å²) in [5.74, 6) is 0.950. The fourth-order valence-electron chi connectivity index (χ4n) is 2.63. The molecule has 22 heavy (non-hydrogen) atoms. The average molecular weight is 306 g/mol. The van der Waals surface area contributed by atoms with Crippen LogP contribution in [0.3, 0.4) is 0 Å². The Morgan fingerprint density at radius 3 is 2.23 bits per heavy atom. The number of hydrogen-bond acceptors (Lipinski definition) is 5. The van der Waals surface area contributed by atoms with Gasteiger partial charge in [0.05, 0.1) is 6.61 Å². The lowest BCUT2D eigenvalue weighted by Crippen LogP contribution is -2.46. The molecular formula is C17H30N4O. The molecule has 1 aromatic rings. The molecule has 1 saturated heterocycles. The van der Waals surface area contributed by atoms with Gasteiger partial charge in [-0.3, -0.25) is 0 Å². The predicted molar refractivity (Wildman–Crippen MR) is 91.7 cm³/mol. The second kappa shape index (κ2) is 10.6. The minimum Gasteiger partial charge on any atom is -0.494 e. The predicted octanol–water partition coefficient (Wildman–Crippen LogP) is 0.368. The minimum absolute atomic E-state index is 0.458. The van der Waals surface area contributed by atoms with Gasteiger partial charge in [0.2, 0.25) is 0 Å². The third-order valence-corrected chi connectivity index (χ3v) is 3.80. The Labute approximate surface area is 134 Å². The molecule has 0 amide bonds. The van der Waals surface area contributed by atoms with Crippen LogP contribution in [0, 0.1) is 0 Å².